The van der Waals surface area contributed by atoms with Crippen LogP contribution in [0.5, 0.6) is 5.75 Å². The molecule has 20 heavy (non-hydrogen) atoms. The molecule has 0 aliphatic heterocycles. The highest BCUT2D eigenvalue weighted by atomic mass is 79.9. The number of aromatic nitrogens is 2. The summed E-state index contributed by atoms with van der Waals surface area (Å²) < 4.78 is 31.7. The van der Waals surface area contributed by atoms with Gasteiger partial charge in [-0.2, -0.15) is 13.9 Å². The topological polar surface area (TPSA) is 39.1 Å². The molecule has 0 radical (unpaired) electrons. The van der Waals surface area contributed by atoms with Crippen LogP contribution in [0.1, 0.15) is 11.1 Å². The van der Waals surface area contributed by atoms with Gasteiger partial charge in [0.15, 0.2) is 0 Å². The van der Waals surface area contributed by atoms with Gasteiger partial charge in [0.2, 0.25) is 0 Å². The summed E-state index contributed by atoms with van der Waals surface area (Å²) in [5.74, 6) is 0.182. The summed E-state index contributed by atoms with van der Waals surface area (Å²) in [6.45, 7) is -1.79. The molecule has 0 spiro atoms. The standard InChI is InChI=1S/C13H14BrF2N3O/c1-19-8-9(6-18-19)5-17-7-10-4-11(14)2-3-12(10)20-13(15)16/h2-4,6,8,13,17H,5,7H2,1H3. The number of nitrogens with one attached hydrogen (secondary N) is 1. The third kappa shape index (κ3) is 4.28. The number of hydrogen-bond donors (Lipinski definition) is 1. The van der Waals surface area contributed by atoms with Crippen molar-refractivity contribution in [2.75, 3.05) is 0 Å². The van der Waals surface area contributed by atoms with Gasteiger partial charge in [-0.3, -0.25) is 4.68 Å². The molecule has 0 fully saturated rings. The number of hydrogen-bond acceptors (Lipinski definition) is 3. The van der Waals surface area contributed by atoms with Gasteiger partial charge in [-0.25, -0.2) is 0 Å². The summed E-state index contributed by atoms with van der Waals surface area (Å²) in [6.07, 6.45) is 3.65. The number of halogens is 3. The molecule has 1 aromatic heterocycles. The van der Waals surface area contributed by atoms with Gasteiger partial charge in [0.05, 0.1) is 6.20 Å². The number of ether oxygens (including phenoxy) is 1. The fourth-order valence-electron chi connectivity index (χ4n) is 1.80. The minimum absolute atomic E-state index is 0.182. The molecule has 0 aliphatic rings. The molecule has 0 saturated carbocycles. The van der Waals surface area contributed by atoms with Gasteiger partial charge in [-0.05, 0) is 18.2 Å². The van der Waals surface area contributed by atoms with E-state index in [9.17, 15) is 8.78 Å². The molecule has 1 N–H and O–H groups in total. The molecule has 0 saturated heterocycles. The van der Waals surface area contributed by atoms with Crippen molar-refractivity contribution in [2.45, 2.75) is 19.7 Å². The maximum atomic E-state index is 12.3. The summed E-state index contributed by atoms with van der Waals surface area (Å²) in [4.78, 5) is 0. The minimum Gasteiger partial charge on any atom is -0.434 e. The second-order valence-electron chi connectivity index (χ2n) is 4.26. The predicted molar refractivity (Wildman–Crippen MR) is 74.5 cm³/mol. The van der Waals surface area contributed by atoms with E-state index in [2.05, 4.69) is 31.1 Å². The molecular formula is C13H14BrF2N3O. The molecule has 7 heteroatoms. The first-order chi connectivity index (χ1) is 9.54. The SMILES string of the molecule is Cn1cc(CNCc2cc(Br)ccc2OC(F)F)cn1. The van der Waals surface area contributed by atoms with Crippen molar-refractivity contribution in [1.29, 1.82) is 0 Å². The Morgan fingerprint density at radius 2 is 2.20 bits per heavy atom. The van der Waals surface area contributed by atoms with Crippen LogP contribution in [-0.4, -0.2) is 16.4 Å². The van der Waals surface area contributed by atoms with E-state index in [1.165, 1.54) is 6.07 Å². The van der Waals surface area contributed by atoms with E-state index >= 15 is 0 Å². The summed E-state index contributed by atoms with van der Waals surface area (Å²) in [6, 6.07) is 4.95. The number of nitrogens with zero attached hydrogens (tertiary/aromatic N) is 2. The van der Waals surface area contributed by atoms with Crippen LogP contribution >= 0.6 is 15.9 Å². The van der Waals surface area contributed by atoms with Crippen LogP contribution in [0.15, 0.2) is 35.1 Å². The van der Waals surface area contributed by atoms with Crippen molar-refractivity contribution < 1.29 is 13.5 Å². The Balaban J connectivity index is 1.98. The number of benzene rings is 1. The lowest BCUT2D eigenvalue weighted by atomic mass is 10.2. The maximum Gasteiger partial charge on any atom is 0.387 e. The predicted octanol–water partition coefficient (Wildman–Crippen LogP) is 3.07. The van der Waals surface area contributed by atoms with E-state index in [0.717, 1.165) is 10.0 Å². The van der Waals surface area contributed by atoms with E-state index < -0.39 is 6.61 Å². The zero-order valence-electron chi connectivity index (χ0n) is 10.8. The first kappa shape index (κ1) is 14.9. The van der Waals surface area contributed by atoms with Crippen molar-refractivity contribution in [3.05, 3.63) is 46.2 Å². The largest absolute Gasteiger partial charge is 0.434 e. The first-order valence-corrected chi connectivity index (χ1v) is 6.75. The summed E-state index contributed by atoms with van der Waals surface area (Å²) >= 11 is 3.32. The Morgan fingerprint density at radius 1 is 1.40 bits per heavy atom. The van der Waals surface area contributed by atoms with Crippen molar-refractivity contribution in [3.63, 3.8) is 0 Å². The van der Waals surface area contributed by atoms with Crippen molar-refractivity contribution >= 4 is 15.9 Å². The van der Waals surface area contributed by atoms with Gasteiger partial charge < -0.3 is 10.1 Å². The van der Waals surface area contributed by atoms with Crippen molar-refractivity contribution in [1.82, 2.24) is 15.1 Å². The van der Waals surface area contributed by atoms with Crippen LogP contribution < -0.4 is 10.1 Å². The zero-order chi connectivity index (χ0) is 14.5. The molecule has 108 valence electrons. The highest BCUT2D eigenvalue weighted by Crippen LogP contribution is 2.24. The summed E-state index contributed by atoms with van der Waals surface area (Å²) in [7, 11) is 1.84. The van der Waals surface area contributed by atoms with Crippen LogP contribution in [0.2, 0.25) is 0 Å². The van der Waals surface area contributed by atoms with Crippen LogP contribution in [0.25, 0.3) is 0 Å². The lowest BCUT2D eigenvalue weighted by molar-refractivity contribution is -0.0505. The van der Waals surface area contributed by atoms with Gasteiger partial charge >= 0.3 is 6.61 Å². The van der Waals surface area contributed by atoms with Gasteiger partial charge in [0, 0.05) is 41.9 Å². The lowest BCUT2D eigenvalue weighted by Gasteiger charge is -2.11. The molecule has 4 nitrogen and oxygen atoms in total. The van der Waals surface area contributed by atoms with Gasteiger partial charge in [0.1, 0.15) is 5.75 Å². The molecule has 1 heterocycles. The first-order valence-electron chi connectivity index (χ1n) is 5.96. The third-order valence-corrected chi connectivity index (χ3v) is 3.13. The summed E-state index contributed by atoms with van der Waals surface area (Å²) in [5.41, 5.74) is 1.70. The van der Waals surface area contributed by atoms with Gasteiger partial charge in [-0.1, -0.05) is 15.9 Å². The van der Waals surface area contributed by atoms with E-state index in [1.807, 2.05) is 13.2 Å². The molecule has 0 unspecified atom stereocenters. The molecular weight excluding hydrogens is 332 g/mol. The zero-order valence-corrected chi connectivity index (χ0v) is 12.4. The van der Waals surface area contributed by atoms with Crippen molar-refractivity contribution in [3.8, 4) is 5.75 Å². The van der Waals surface area contributed by atoms with Gasteiger partial charge in [0.25, 0.3) is 0 Å². The minimum atomic E-state index is -2.83. The number of aryl methyl sites for hydroxylation is 1. The third-order valence-electron chi connectivity index (χ3n) is 2.64. The maximum absolute atomic E-state index is 12.3. The lowest BCUT2D eigenvalue weighted by Crippen LogP contribution is -2.14. The highest BCUT2D eigenvalue weighted by Gasteiger charge is 2.10. The fourth-order valence-corrected chi connectivity index (χ4v) is 2.21. The normalized spacial score (nSPS) is 11.1. The highest BCUT2D eigenvalue weighted by molar-refractivity contribution is 9.10. The molecule has 2 rings (SSSR count). The Labute approximate surface area is 123 Å². The van der Waals surface area contributed by atoms with E-state index in [0.29, 0.717) is 18.7 Å². The average molecular weight is 346 g/mol. The Morgan fingerprint density at radius 3 is 2.85 bits per heavy atom. The molecule has 2 aromatic rings. The monoisotopic (exact) mass is 345 g/mol. The van der Waals surface area contributed by atoms with Crippen molar-refractivity contribution in [2.24, 2.45) is 7.05 Å². The Kier molecular flexibility index (Phi) is 5.08. The molecule has 0 atom stereocenters. The van der Waals surface area contributed by atoms with E-state index in [-0.39, 0.29) is 5.75 Å². The quantitative estimate of drug-likeness (QED) is 0.874. The average Bonchev–Trinajstić information content (AvgIpc) is 2.78. The van der Waals surface area contributed by atoms with E-state index in [4.69, 9.17) is 0 Å². The molecule has 0 aliphatic carbocycles. The van der Waals surface area contributed by atoms with Crippen LogP contribution in [-0.2, 0) is 20.1 Å². The van der Waals surface area contributed by atoms with Gasteiger partial charge in [-0.15, -0.1) is 0 Å². The smallest absolute Gasteiger partial charge is 0.387 e. The van der Waals surface area contributed by atoms with Crippen LogP contribution in [0, 0.1) is 0 Å². The molecule has 1 aromatic carbocycles. The second kappa shape index (κ2) is 6.81. The van der Waals surface area contributed by atoms with E-state index in [1.54, 1.807) is 23.0 Å². The van der Waals surface area contributed by atoms with Crippen LogP contribution in [0.3, 0.4) is 0 Å². The van der Waals surface area contributed by atoms with Crippen LogP contribution in [0.4, 0.5) is 8.78 Å². The molecule has 0 amide bonds. The summed E-state index contributed by atoms with van der Waals surface area (Å²) in [5, 5.41) is 7.23. The Hall–Kier alpha value is -1.47. The fraction of sp³-hybridized carbons (Fsp3) is 0.308. The Bertz CT molecular complexity index is 574. The second-order valence-corrected chi connectivity index (χ2v) is 5.17. The number of rotatable bonds is 6. The number of alkyl halides is 2. The molecule has 0 bridgehead atoms.